The number of nitrogens with zero attached hydrogens (tertiary/aromatic N) is 1. The third kappa shape index (κ3) is 3.24. The monoisotopic (exact) mass is 577 g/mol. The normalized spacial score (nSPS) is 22.1. The van der Waals surface area contributed by atoms with Gasteiger partial charge in [-0.05, 0) is 41.5 Å². The van der Waals surface area contributed by atoms with Crippen LogP contribution in [0.2, 0.25) is 0 Å². The molecule has 1 aliphatic carbocycles. The van der Waals surface area contributed by atoms with Crippen molar-refractivity contribution in [1.29, 1.82) is 0 Å². The first-order chi connectivity index (χ1) is 18.9. The molecule has 0 bridgehead atoms. The lowest BCUT2D eigenvalue weighted by Crippen LogP contribution is -2.48. The number of hydrogen-bond donors (Lipinski definition) is 0. The molecule has 1 fully saturated rings. The SMILES string of the molecule is O=C(c1ccccc1)[C@@H]1[C@@H](c2ccc(F)cc2)C2(C(=O)c3ccccc3C2=O)[C@@H]2C=Cc3cc(Br)ccc3N12. The predicted octanol–water partition coefficient (Wildman–Crippen LogP) is 6.90. The number of hydrogen-bond acceptors (Lipinski definition) is 4. The number of Topliss-reactive ketones (excluding diaryl/α,β-unsaturated/α-hetero) is 3. The first-order valence-electron chi connectivity index (χ1n) is 12.7. The van der Waals surface area contributed by atoms with Crippen molar-refractivity contribution in [3.8, 4) is 0 Å². The molecule has 190 valence electrons. The van der Waals surface area contributed by atoms with Crippen LogP contribution in [0.25, 0.3) is 6.08 Å². The fourth-order valence-electron chi connectivity index (χ4n) is 6.76. The number of halogens is 2. The van der Waals surface area contributed by atoms with E-state index in [9.17, 15) is 18.8 Å². The van der Waals surface area contributed by atoms with Crippen LogP contribution < -0.4 is 4.90 Å². The van der Waals surface area contributed by atoms with E-state index in [1.807, 2.05) is 41.3 Å². The van der Waals surface area contributed by atoms with E-state index in [4.69, 9.17) is 0 Å². The molecule has 3 atom stereocenters. The Labute approximate surface area is 232 Å². The predicted molar refractivity (Wildman–Crippen MR) is 151 cm³/mol. The van der Waals surface area contributed by atoms with Gasteiger partial charge in [0.25, 0.3) is 0 Å². The Morgan fingerprint density at radius 2 is 1.46 bits per heavy atom. The zero-order valence-corrected chi connectivity index (χ0v) is 22.1. The third-order valence-corrected chi connectivity index (χ3v) is 8.82. The number of carbonyl (C=O) groups excluding carboxylic acids is 3. The molecule has 4 nitrogen and oxygen atoms in total. The van der Waals surface area contributed by atoms with Crippen molar-refractivity contribution in [2.75, 3.05) is 4.90 Å². The number of benzene rings is 4. The zero-order chi connectivity index (χ0) is 26.9. The van der Waals surface area contributed by atoms with Crippen molar-refractivity contribution in [2.45, 2.75) is 18.0 Å². The number of fused-ring (bicyclic) bond motifs is 5. The molecule has 39 heavy (non-hydrogen) atoms. The summed E-state index contributed by atoms with van der Waals surface area (Å²) in [5.74, 6) is -2.10. The van der Waals surface area contributed by atoms with Gasteiger partial charge in [-0.3, -0.25) is 14.4 Å². The first kappa shape index (κ1) is 23.9. The van der Waals surface area contributed by atoms with Gasteiger partial charge in [-0.25, -0.2) is 4.39 Å². The molecule has 4 aromatic rings. The van der Waals surface area contributed by atoms with Crippen molar-refractivity contribution >= 4 is 45.0 Å². The van der Waals surface area contributed by atoms with Crippen LogP contribution in [-0.2, 0) is 0 Å². The minimum atomic E-state index is -1.60. The Kier molecular flexibility index (Phi) is 5.32. The highest BCUT2D eigenvalue weighted by Gasteiger charge is 2.71. The van der Waals surface area contributed by atoms with Crippen LogP contribution in [0.3, 0.4) is 0 Å². The van der Waals surface area contributed by atoms with E-state index in [1.165, 1.54) is 12.1 Å². The first-order valence-corrected chi connectivity index (χ1v) is 13.5. The molecule has 0 amide bonds. The second-order valence-corrected chi connectivity index (χ2v) is 11.1. The molecule has 1 saturated heterocycles. The molecule has 3 aliphatic rings. The van der Waals surface area contributed by atoms with Gasteiger partial charge in [0.1, 0.15) is 17.3 Å². The number of anilines is 1. The highest BCUT2D eigenvalue weighted by Crippen LogP contribution is 2.61. The van der Waals surface area contributed by atoms with Crippen molar-refractivity contribution in [2.24, 2.45) is 5.41 Å². The molecule has 7 rings (SSSR count). The van der Waals surface area contributed by atoms with E-state index in [-0.39, 0.29) is 17.3 Å². The Bertz CT molecular complexity index is 1680. The Morgan fingerprint density at radius 3 is 2.13 bits per heavy atom. The summed E-state index contributed by atoms with van der Waals surface area (Å²) in [7, 11) is 0. The largest absolute Gasteiger partial charge is 0.352 e. The van der Waals surface area contributed by atoms with Crippen molar-refractivity contribution in [3.63, 3.8) is 0 Å². The summed E-state index contributed by atoms with van der Waals surface area (Å²) in [5.41, 5.74) is 1.81. The van der Waals surface area contributed by atoms with E-state index in [2.05, 4.69) is 15.9 Å². The molecule has 4 aromatic carbocycles. The average molecular weight is 578 g/mol. The van der Waals surface area contributed by atoms with E-state index in [0.717, 1.165) is 15.7 Å². The molecule has 2 aliphatic heterocycles. The molecular weight excluding hydrogens is 557 g/mol. The molecule has 0 unspecified atom stereocenters. The highest BCUT2D eigenvalue weighted by molar-refractivity contribution is 9.10. The van der Waals surface area contributed by atoms with Crippen molar-refractivity contribution < 1.29 is 18.8 Å². The van der Waals surface area contributed by atoms with Crippen LogP contribution in [-0.4, -0.2) is 29.4 Å². The summed E-state index contributed by atoms with van der Waals surface area (Å²) >= 11 is 3.53. The third-order valence-electron chi connectivity index (χ3n) is 8.32. The molecule has 0 saturated carbocycles. The molecule has 0 N–H and O–H groups in total. The maximum atomic E-state index is 14.5. The van der Waals surface area contributed by atoms with Crippen LogP contribution in [0.1, 0.15) is 48.1 Å². The Morgan fingerprint density at radius 1 is 0.821 bits per heavy atom. The van der Waals surface area contributed by atoms with Gasteiger partial charge in [0.2, 0.25) is 0 Å². The van der Waals surface area contributed by atoms with Gasteiger partial charge >= 0.3 is 0 Å². The molecule has 0 aromatic heterocycles. The summed E-state index contributed by atoms with van der Waals surface area (Å²) in [4.78, 5) is 45.5. The summed E-state index contributed by atoms with van der Waals surface area (Å²) in [6.45, 7) is 0. The van der Waals surface area contributed by atoms with E-state index < -0.39 is 29.2 Å². The lowest BCUT2D eigenvalue weighted by atomic mass is 9.64. The maximum Gasteiger partial charge on any atom is 0.185 e. The second kappa shape index (κ2) is 8.68. The average Bonchev–Trinajstić information content (AvgIpc) is 3.39. The fraction of sp³-hybridized carbons (Fsp3) is 0.121. The van der Waals surface area contributed by atoms with Crippen molar-refractivity contribution in [3.05, 3.63) is 141 Å². The number of ketones is 3. The maximum absolute atomic E-state index is 14.5. The van der Waals surface area contributed by atoms with Gasteiger partial charge in [0.15, 0.2) is 17.3 Å². The lowest BCUT2D eigenvalue weighted by molar-refractivity contribution is 0.0666. The fourth-order valence-corrected chi connectivity index (χ4v) is 7.14. The highest BCUT2D eigenvalue weighted by atomic mass is 79.9. The molecule has 1 spiro atoms. The molecule has 6 heteroatoms. The van der Waals surface area contributed by atoms with E-state index in [0.29, 0.717) is 22.3 Å². The van der Waals surface area contributed by atoms with Crippen LogP contribution in [0.15, 0.2) is 108 Å². The standard InChI is InChI=1S/C33H21BrFNO3/c34-22-13-16-26-21(18-22)12-17-27-33(31(38)24-8-4-5-9-25(24)32(33)39)28(19-10-14-23(35)15-11-19)29(36(26)27)30(37)20-6-2-1-3-7-20/h1-18,27-29H/t27-,28+,29-/m0/s1. The van der Waals surface area contributed by atoms with Gasteiger partial charge in [-0.15, -0.1) is 0 Å². The van der Waals surface area contributed by atoms with Crippen molar-refractivity contribution in [1.82, 2.24) is 0 Å². The van der Waals surface area contributed by atoms with E-state index >= 15 is 0 Å². The van der Waals surface area contributed by atoms with Gasteiger partial charge in [-0.2, -0.15) is 0 Å². The van der Waals surface area contributed by atoms with Crippen LogP contribution in [0.5, 0.6) is 0 Å². The summed E-state index contributed by atoms with van der Waals surface area (Å²) in [5, 5.41) is 0. The number of rotatable bonds is 3. The summed E-state index contributed by atoms with van der Waals surface area (Å²) in [6, 6.07) is 25.8. The summed E-state index contributed by atoms with van der Waals surface area (Å²) in [6.07, 6.45) is 3.80. The van der Waals surface area contributed by atoms with Gasteiger partial charge in [0.05, 0.1) is 6.04 Å². The van der Waals surface area contributed by atoms with Gasteiger partial charge in [-0.1, -0.05) is 94.8 Å². The van der Waals surface area contributed by atoms with Gasteiger partial charge < -0.3 is 4.90 Å². The topological polar surface area (TPSA) is 54.5 Å². The minimum absolute atomic E-state index is 0.201. The van der Waals surface area contributed by atoms with Crippen LogP contribution in [0.4, 0.5) is 10.1 Å². The van der Waals surface area contributed by atoms with E-state index in [1.54, 1.807) is 60.7 Å². The van der Waals surface area contributed by atoms with Crippen LogP contribution in [0, 0.1) is 11.2 Å². The molecule has 0 radical (unpaired) electrons. The smallest absolute Gasteiger partial charge is 0.185 e. The Balaban J connectivity index is 1.55. The summed E-state index contributed by atoms with van der Waals surface area (Å²) < 4.78 is 15.0. The quantitative estimate of drug-likeness (QED) is 0.196. The minimum Gasteiger partial charge on any atom is -0.352 e. The van der Waals surface area contributed by atoms with Crippen LogP contribution >= 0.6 is 15.9 Å². The number of carbonyl (C=O) groups is 3. The molecular formula is C33H21BrFNO3. The zero-order valence-electron chi connectivity index (χ0n) is 20.6. The Hall–Kier alpha value is -4.16. The second-order valence-electron chi connectivity index (χ2n) is 10.2. The molecule has 2 heterocycles. The van der Waals surface area contributed by atoms with Gasteiger partial charge in [0, 0.05) is 32.8 Å². The lowest BCUT2D eigenvalue weighted by Gasteiger charge is -2.37.